The summed E-state index contributed by atoms with van der Waals surface area (Å²) >= 11 is 0. The molecular formula is C18H26N2O5. The highest BCUT2D eigenvalue weighted by Crippen LogP contribution is 2.30. The van der Waals surface area contributed by atoms with Gasteiger partial charge >= 0.3 is 0 Å². The Morgan fingerprint density at radius 1 is 1.16 bits per heavy atom. The molecule has 2 saturated heterocycles. The summed E-state index contributed by atoms with van der Waals surface area (Å²) in [6.45, 7) is 4.30. The molecule has 1 amide bonds. The highest BCUT2D eigenvalue weighted by atomic mass is 16.7. The summed E-state index contributed by atoms with van der Waals surface area (Å²) in [4.78, 5) is 14.2. The number of ether oxygens (including phenoxy) is 4. The van der Waals surface area contributed by atoms with Gasteiger partial charge in [-0.05, 0) is 24.3 Å². The van der Waals surface area contributed by atoms with Crippen LogP contribution in [0.1, 0.15) is 12.8 Å². The summed E-state index contributed by atoms with van der Waals surface area (Å²) in [5.74, 6) is 1.17. The third-order valence-electron chi connectivity index (χ3n) is 4.55. The number of nitrogens with zero attached hydrogens (tertiary/aromatic N) is 1. The van der Waals surface area contributed by atoms with Gasteiger partial charge in [0.05, 0.1) is 33.4 Å². The summed E-state index contributed by atoms with van der Waals surface area (Å²) in [6.07, 6.45) is 1.64. The molecule has 1 spiro atoms. The van der Waals surface area contributed by atoms with Crippen molar-refractivity contribution in [3.63, 3.8) is 0 Å². The van der Waals surface area contributed by atoms with Crippen molar-refractivity contribution >= 4 is 5.91 Å². The number of piperidine rings is 1. The number of carbonyl (C=O) groups is 1. The monoisotopic (exact) mass is 350 g/mol. The van der Waals surface area contributed by atoms with E-state index in [0.29, 0.717) is 32.9 Å². The molecule has 0 atom stereocenters. The number of amides is 1. The maximum atomic E-state index is 12.0. The van der Waals surface area contributed by atoms with Crippen LogP contribution in [0.3, 0.4) is 0 Å². The van der Waals surface area contributed by atoms with Crippen LogP contribution in [0, 0.1) is 0 Å². The predicted octanol–water partition coefficient (Wildman–Crippen LogP) is 1.03. The van der Waals surface area contributed by atoms with E-state index in [2.05, 4.69) is 10.2 Å². The number of benzene rings is 1. The number of hydrogen-bond acceptors (Lipinski definition) is 6. The molecule has 1 N–H and O–H groups in total. The van der Waals surface area contributed by atoms with Crippen LogP contribution in [-0.4, -0.2) is 69.7 Å². The van der Waals surface area contributed by atoms with Gasteiger partial charge in [-0.1, -0.05) is 0 Å². The second-order valence-electron chi connectivity index (χ2n) is 6.26. The number of methoxy groups -OCH3 is 1. The summed E-state index contributed by atoms with van der Waals surface area (Å²) < 4.78 is 22.1. The van der Waals surface area contributed by atoms with Gasteiger partial charge in [0.25, 0.3) is 0 Å². The molecule has 138 valence electrons. The third kappa shape index (κ3) is 5.07. The lowest BCUT2D eigenvalue weighted by molar-refractivity contribution is -0.185. The first kappa shape index (κ1) is 18.0. The number of likely N-dealkylation sites (tertiary alicyclic amines) is 1. The summed E-state index contributed by atoms with van der Waals surface area (Å²) in [5.41, 5.74) is 0. The van der Waals surface area contributed by atoms with E-state index in [0.717, 1.165) is 37.4 Å². The van der Waals surface area contributed by atoms with Crippen molar-refractivity contribution in [3.8, 4) is 11.5 Å². The lowest BCUT2D eigenvalue weighted by atomic mass is 10.0. The van der Waals surface area contributed by atoms with E-state index in [1.54, 1.807) is 7.11 Å². The minimum Gasteiger partial charge on any atom is -0.497 e. The van der Waals surface area contributed by atoms with Crippen LogP contribution in [-0.2, 0) is 14.3 Å². The molecule has 1 aromatic rings. The predicted molar refractivity (Wildman–Crippen MR) is 91.8 cm³/mol. The first-order valence-corrected chi connectivity index (χ1v) is 8.73. The zero-order valence-corrected chi connectivity index (χ0v) is 14.7. The molecular weight excluding hydrogens is 324 g/mol. The van der Waals surface area contributed by atoms with E-state index >= 15 is 0 Å². The first-order chi connectivity index (χ1) is 12.2. The van der Waals surface area contributed by atoms with Crippen LogP contribution < -0.4 is 14.8 Å². The molecule has 0 bridgehead atoms. The SMILES string of the molecule is COc1ccc(OCCNC(=O)CN2CCC3(CC2)OCCO3)cc1. The average Bonchev–Trinajstić information content (AvgIpc) is 3.10. The van der Waals surface area contributed by atoms with Crippen LogP contribution in [0.2, 0.25) is 0 Å². The van der Waals surface area contributed by atoms with Crippen LogP contribution in [0.5, 0.6) is 11.5 Å². The van der Waals surface area contributed by atoms with Crippen LogP contribution in [0.4, 0.5) is 0 Å². The minimum atomic E-state index is -0.390. The number of hydrogen-bond donors (Lipinski definition) is 1. The normalized spacial score (nSPS) is 19.7. The van der Waals surface area contributed by atoms with Gasteiger partial charge in [-0.15, -0.1) is 0 Å². The molecule has 0 saturated carbocycles. The molecule has 3 rings (SSSR count). The zero-order chi connectivity index (χ0) is 17.5. The molecule has 0 aliphatic carbocycles. The summed E-state index contributed by atoms with van der Waals surface area (Å²) in [7, 11) is 1.63. The fourth-order valence-electron chi connectivity index (χ4n) is 3.13. The Kier molecular flexibility index (Phi) is 6.12. The van der Waals surface area contributed by atoms with Gasteiger partial charge in [0.15, 0.2) is 5.79 Å². The molecule has 1 aromatic carbocycles. The van der Waals surface area contributed by atoms with Crippen LogP contribution >= 0.6 is 0 Å². The molecule has 0 radical (unpaired) electrons. The minimum absolute atomic E-state index is 0.0162. The van der Waals surface area contributed by atoms with Crippen molar-refractivity contribution in [2.75, 3.05) is 53.1 Å². The zero-order valence-electron chi connectivity index (χ0n) is 14.7. The molecule has 2 fully saturated rings. The van der Waals surface area contributed by atoms with Crippen molar-refractivity contribution in [3.05, 3.63) is 24.3 Å². The van der Waals surface area contributed by atoms with Crippen LogP contribution in [0.15, 0.2) is 24.3 Å². The lowest BCUT2D eigenvalue weighted by Gasteiger charge is -2.37. The summed E-state index contributed by atoms with van der Waals surface area (Å²) in [6, 6.07) is 7.37. The second-order valence-corrected chi connectivity index (χ2v) is 6.26. The van der Waals surface area contributed by atoms with Gasteiger partial charge < -0.3 is 24.3 Å². The smallest absolute Gasteiger partial charge is 0.234 e. The molecule has 2 aliphatic rings. The average molecular weight is 350 g/mol. The van der Waals surface area contributed by atoms with Crippen molar-refractivity contribution in [2.45, 2.75) is 18.6 Å². The Balaban J connectivity index is 1.29. The Morgan fingerprint density at radius 2 is 1.80 bits per heavy atom. The van der Waals surface area contributed by atoms with Gasteiger partial charge in [-0.25, -0.2) is 0 Å². The Bertz CT molecular complexity index is 547. The van der Waals surface area contributed by atoms with E-state index in [9.17, 15) is 4.79 Å². The largest absolute Gasteiger partial charge is 0.497 e. The van der Waals surface area contributed by atoms with Crippen molar-refractivity contribution in [1.29, 1.82) is 0 Å². The van der Waals surface area contributed by atoms with Gasteiger partial charge in [0.2, 0.25) is 5.91 Å². The van der Waals surface area contributed by atoms with Crippen molar-refractivity contribution in [2.24, 2.45) is 0 Å². The topological polar surface area (TPSA) is 69.3 Å². The Hall–Kier alpha value is -1.83. The molecule has 2 aliphatic heterocycles. The van der Waals surface area contributed by atoms with Crippen molar-refractivity contribution < 1.29 is 23.7 Å². The highest BCUT2D eigenvalue weighted by molar-refractivity contribution is 5.78. The number of carbonyl (C=O) groups excluding carboxylic acids is 1. The molecule has 2 heterocycles. The molecule has 0 aromatic heterocycles. The third-order valence-corrected chi connectivity index (χ3v) is 4.55. The number of rotatable bonds is 7. The van der Waals surface area contributed by atoms with E-state index in [-0.39, 0.29) is 11.7 Å². The van der Waals surface area contributed by atoms with Gasteiger partial charge in [-0.2, -0.15) is 0 Å². The Labute approximate surface area is 148 Å². The van der Waals surface area contributed by atoms with E-state index in [4.69, 9.17) is 18.9 Å². The summed E-state index contributed by atoms with van der Waals surface area (Å²) in [5, 5.41) is 2.89. The first-order valence-electron chi connectivity index (χ1n) is 8.73. The quantitative estimate of drug-likeness (QED) is 0.741. The number of nitrogens with one attached hydrogen (secondary N) is 1. The maximum absolute atomic E-state index is 12.0. The Morgan fingerprint density at radius 3 is 2.44 bits per heavy atom. The van der Waals surface area contributed by atoms with E-state index < -0.39 is 0 Å². The molecule has 0 unspecified atom stereocenters. The lowest BCUT2D eigenvalue weighted by Crippen LogP contribution is -2.48. The van der Waals surface area contributed by atoms with Crippen LogP contribution in [0.25, 0.3) is 0 Å². The molecule has 7 nitrogen and oxygen atoms in total. The van der Waals surface area contributed by atoms with Gasteiger partial charge in [0.1, 0.15) is 18.1 Å². The van der Waals surface area contributed by atoms with Gasteiger partial charge in [-0.3, -0.25) is 9.69 Å². The fourth-order valence-corrected chi connectivity index (χ4v) is 3.13. The second kappa shape index (κ2) is 8.51. The fraction of sp³-hybridized carbons (Fsp3) is 0.611. The molecule has 25 heavy (non-hydrogen) atoms. The highest BCUT2D eigenvalue weighted by Gasteiger charge is 2.39. The van der Waals surface area contributed by atoms with Gasteiger partial charge in [0, 0.05) is 25.9 Å². The van der Waals surface area contributed by atoms with Crippen molar-refractivity contribution in [1.82, 2.24) is 10.2 Å². The molecule has 7 heteroatoms. The van der Waals surface area contributed by atoms with E-state index in [1.807, 2.05) is 24.3 Å². The maximum Gasteiger partial charge on any atom is 0.234 e. The van der Waals surface area contributed by atoms with E-state index in [1.165, 1.54) is 0 Å². The standard InChI is InChI=1S/C18H26N2O5/c1-22-15-2-4-16(5-3-15)23-11-8-19-17(21)14-20-9-6-18(7-10-20)24-12-13-25-18/h2-5H,6-14H2,1H3,(H,19,21).